The van der Waals surface area contributed by atoms with Crippen molar-refractivity contribution in [3.63, 3.8) is 0 Å². The Morgan fingerprint density at radius 2 is 2.00 bits per heavy atom. The van der Waals surface area contributed by atoms with E-state index in [1.165, 1.54) is 0 Å². The van der Waals surface area contributed by atoms with Gasteiger partial charge in [0.1, 0.15) is 0 Å². The molecule has 0 fully saturated rings. The van der Waals surface area contributed by atoms with Crippen molar-refractivity contribution in [1.82, 2.24) is 15.5 Å². The van der Waals surface area contributed by atoms with E-state index in [1.54, 1.807) is 11.9 Å². The molecular weight excluding hydrogens is 208 g/mol. The van der Waals surface area contributed by atoms with Gasteiger partial charge in [-0.2, -0.15) is 0 Å². The minimum atomic E-state index is -0.445. The molecule has 0 aromatic carbocycles. The van der Waals surface area contributed by atoms with Crippen LogP contribution in [0.1, 0.15) is 13.8 Å². The van der Waals surface area contributed by atoms with Crippen molar-refractivity contribution in [2.75, 3.05) is 33.2 Å². The Bertz CT molecular complexity index is 231. The second-order valence-corrected chi connectivity index (χ2v) is 4.18. The molecule has 0 saturated heterocycles. The van der Waals surface area contributed by atoms with Crippen molar-refractivity contribution < 1.29 is 9.59 Å². The molecular formula is C10H22N4O2. The van der Waals surface area contributed by atoms with Crippen molar-refractivity contribution in [2.24, 2.45) is 11.7 Å². The Balaban J connectivity index is 3.74. The van der Waals surface area contributed by atoms with Crippen LogP contribution in [0.3, 0.4) is 0 Å². The van der Waals surface area contributed by atoms with Gasteiger partial charge < -0.3 is 11.1 Å². The predicted molar refractivity (Wildman–Crippen MR) is 62.9 cm³/mol. The van der Waals surface area contributed by atoms with Crippen LogP contribution in [0.4, 0.5) is 4.79 Å². The fourth-order valence-corrected chi connectivity index (χ4v) is 1.05. The van der Waals surface area contributed by atoms with Crippen LogP contribution in [0.2, 0.25) is 0 Å². The van der Waals surface area contributed by atoms with Gasteiger partial charge in [0.05, 0.1) is 6.54 Å². The quantitative estimate of drug-likeness (QED) is 0.566. The number of likely N-dealkylation sites (N-methyl/N-ethyl adjacent to an activating group) is 1. The maximum Gasteiger partial charge on any atom is 0.321 e. The fourth-order valence-electron chi connectivity index (χ4n) is 1.05. The van der Waals surface area contributed by atoms with Crippen LogP contribution in [0.25, 0.3) is 0 Å². The van der Waals surface area contributed by atoms with Gasteiger partial charge in [-0.3, -0.25) is 15.0 Å². The second kappa shape index (κ2) is 8.06. The zero-order valence-corrected chi connectivity index (χ0v) is 10.2. The van der Waals surface area contributed by atoms with Crippen LogP contribution in [0.15, 0.2) is 0 Å². The highest BCUT2D eigenvalue weighted by molar-refractivity contribution is 5.95. The highest BCUT2D eigenvalue weighted by Crippen LogP contribution is 1.86. The number of amides is 3. The molecule has 0 rings (SSSR count). The minimum absolute atomic E-state index is 0.173. The Morgan fingerprint density at radius 3 is 2.50 bits per heavy atom. The van der Waals surface area contributed by atoms with Gasteiger partial charge in [-0.15, -0.1) is 0 Å². The molecule has 16 heavy (non-hydrogen) atoms. The third kappa shape index (κ3) is 8.19. The topological polar surface area (TPSA) is 87.5 Å². The van der Waals surface area contributed by atoms with Gasteiger partial charge in [0.15, 0.2) is 0 Å². The molecule has 0 bridgehead atoms. The molecule has 0 spiro atoms. The summed E-state index contributed by atoms with van der Waals surface area (Å²) in [5.41, 5.74) is 5.33. The highest BCUT2D eigenvalue weighted by atomic mass is 16.2. The molecule has 0 aliphatic heterocycles. The van der Waals surface area contributed by atoms with Crippen LogP contribution in [0.5, 0.6) is 0 Å². The van der Waals surface area contributed by atoms with Crippen LogP contribution in [-0.2, 0) is 4.79 Å². The van der Waals surface area contributed by atoms with E-state index in [0.29, 0.717) is 25.6 Å². The zero-order chi connectivity index (χ0) is 12.6. The van der Waals surface area contributed by atoms with Crippen molar-refractivity contribution in [1.29, 1.82) is 0 Å². The minimum Gasteiger partial charge on any atom is -0.338 e. The van der Waals surface area contributed by atoms with E-state index < -0.39 is 6.03 Å². The summed E-state index contributed by atoms with van der Waals surface area (Å²) in [4.78, 5) is 24.3. The first-order valence-electron chi connectivity index (χ1n) is 5.42. The molecule has 0 aromatic heterocycles. The molecule has 0 aromatic rings. The second-order valence-electron chi connectivity index (χ2n) is 4.18. The first kappa shape index (κ1) is 14.9. The SMILES string of the molecule is CC(C)CNC(=O)NC(=O)CN(C)CCN. The van der Waals surface area contributed by atoms with Gasteiger partial charge in [0, 0.05) is 19.6 Å². The Hall–Kier alpha value is -1.14. The number of urea groups is 1. The lowest BCUT2D eigenvalue weighted by Gasteiger charge is -2.14. The number of hydrogen-bond donors (Lipinski definition) is 3. The Morgan fingerprint density at radius 1 is 1.38 bits per heavy atom. The van der Waals surface area contributed by atoms with Gasteiger partial charge in [0.2, 0.25) is 5.91 Å². The van der Waals surface area contributed by atoms with Crippen molar-refractivity contribution in [3.8, 4) is 0 Å². The third-order valence-corrected chi connectivity index (χ3v) is 1.85. The first-order chi connectivity index (χ1) is 7.45. The predicted octanol–water partition coefficient (Wildman–Crippen LogP) is -0.641. The maximum atomic E-state index is 11.3. The van der Waals surface area contributed by atoms with Gasteiger partial charge in [-0.05, 0) is 13.0 Å². The average molecular weight is 230 g/mol. The summed E-state index contributed by atoms with van der Waals surface area (Å²) >= 11 is 0. The molecule has 0 radical (unpaired) electrons. The van der Waals surface area contributed by atoms with E-state index in [0.717, 1.165) is 0 Å². The summed E-state index contributed by atoms with van der Waals surface area (Å²) in [5.74, 6) is 0.0398. The number of imide groups is 1. The summed E-state index contributed by atoms with van der Waals surface area (Å²) in [5, 5.41) is 4.86. The molecule has 4 N–H and O–H groups in total. The molecule has 0 aliphatic rings. The molecule has 6 nitrogen and oxygen atoms in total. The molecule has 0 aliphatic carbocycles. The van der Waals surface area contributed by atoms with Crippen molar-refractivity contribution >= 4 is 11.9 Å². The number of rotatable bonds is 6. The first-order valence-corrected chi connectivity index (χ1v) is 5.42. The standard InChI is InChI=1S/C10H22N4O2/c1-8(2)6-12-10(16)13-9(15)7-14(3)5-4-11/h8H,4-7,11H2,1-3H3,(H2,12,13,15,16). The molecule has 3 amide bonds. The van der Waals surface area contributed by atoms with E-state index >= 15 is 0 Å². The summed E-state index contributed by atoms with van der Waals surface area (Å²) in [6.45, 7) is 5.81. The molecule has 0 unspecified atom stereocenters. The summed E-state index contributed by atoms with van der Waals surface area (Å²) < 4.78 is 0. The number of nitrogens with two attached hydrogens (primary N) is 1. The van der Waals surface area contributed by atoms with Crippen LogP contribution < -0.4 is 16.4 Å². The van der Waals surface area contributed by atoms with Crippen LogP contribution >= 0.6 is 0 Å². The average Bonchev–Trinajstić information content (AvgIpc) is 2.14. The number of carbonyl (C=O) groups is 2. The van der Waals surface area contributed by atoms with Crippen molar-refractivity contribution in [3.05, 3.63) is 0 Å². The third-order valence-electron chi connectivity index (χ3n) is 1.85. The van der Waals surface area contributed by atoms with E-state index in [2.05, 4.69) is 10.6 Å². The number of hydrogen-bond acceptors (Lipinski definition) is 4. The summed E-state index contributed by atoms with van der Waals surface area (Å²) in [6, 6.07) is -0.445. The molecule has 0 saturated carbocycles. The monoisotopic (exact) mass is 230 g/mol. The van der Waals surface area contributed by atoms with E-state index in [1.807, 2.05) is 13.8 Å². The van der Waals surface area contributed by atoms with E-state index in [4.69, 9.17) is 5.73 Å². The maximum absolute atomic E-state index is 11.3. The Kier molecular flexibility index (Phi) is 7.49. The fraction of sp³-hybridized carbons (Fsp3) is 0.800. The van der Waals surface area contributed by atoms with Gasteiger partial charge >= 0.3 is 6.03 Å². The Labute approximate surface area is 96.5 Å². The van der Waals surface area contributed by atoms with Gasteiger partial charge in [-0.25, -0.2) is 4.79 Å². The molecule has 0 heterocycles. The normalized spacial score (nSPS) is 10.6. The molecule has 94 valence electrons. The number of nitrogens with zero attached hydrogens (tertiary/aromatic N) is 1. The van der Waals surface area contributed by atoms with E-state index in [9.17, 15) is 9.59 Å². The number of carbonyl (C=O) groups excluding carboxylic acids is 2. The van der Waals surface area contributed by atoms with Crippen LogP contribution in [0, 0.1) is 5.92 Å². The number of nitrogens with one attached hydrogen (secondary N) is 2. The summed E-state index contributed by atoms with van der Waals surface area (Å²) in [6.07, 6.45) is 0. The summed E-state index contributed by atoms with van der Waals surface area (Å²) in [7, 11) is 1.78. The highest BCUT2D eigenvalue weighted by Gasteiger charge is 2.09. The van der Waals surface area contributed by atoms with E-state index in [-0.39, 0.29) is 12.5 Å². The lowest BCUT2D eigenvalue weighted by molar-refractivity contribution is -0.120. The van der Waals surface area contributed by atoms with Crippen molar-refractivity contribution in [2.45, 2.75) is 13.8 Å². The lowest BCUT2D eigenvalue weighted by Crippen LogP contribution is -2.45. The van der Waals surface area contributed by atoms with Crippen LogP contribution in [-0.4, -0.2) is 50.1 Å². The lowest BCUT2D eigenvalue weighted by atomic mass is 10.2. The molecule has 6 heteroatoms. The molecule has 0 atom stereocenters. The zero-order valence-electron chi connectivity index (χ0n) is 10.2. The van der Waals surface area contributed by atoms with Gasteiger partial charge in [0.25, 0.3) is 0 Å². The smallest absolute Gasteiger partial charge is 0.321 e. The van der Waals surface area contributed by atoms with Gasteiger partial charge in [-0.1, -0.05) is 13.8 Å². The largest absolute Gasteiger partial charge is 0.338 e.